The van der Waals surface area contributed by atoms with Crippen LogP contribution in [0.5, 0.6) is 5.75 Å². The van der Waals surface area contributed by atoms with E-state index in [1.807, 2.05) is 5.38 Å². The Bertz CT molecular complexity index is 459. The van der Waals surface area contributed by atoms with Crippen LogP contribution in [0.2, 0.25) is 0 Å². The summed E-state index contributed by atoms with van der Waals surface area (Å²) in [7, 11) is 0. The molecule has 84 valence electrons. The summed E-state index contributed by atoms with van der Waals surface area (Å²) in [4.78, 5) is 4.11. The maximum absolute atomic E-state index is 12.9. The lowest BCUT2D eigenvalue weighted by atomic mass is 10.2. The number of nitrogens with one attached hydrogen (secondary N) is 1. The fourth-order valence-corrected chi connectivity index (χ4v) is 1.93. The van der Waals surface area contributed by atoms with Gasteiger partial charge < -0.3 is 10.4 Å². The van der Waals surface area contributed by atoms with Gasteiger partial charge >= 0.3 is 0 Å². The maximum Gasteiger partial charge on any atom is 0.123 e. The van der Waals surface area contributed by atoms with Gasteiger partial charge in [-0.15, -0.1) is 11.3 Å². The number of phenols is 1. The van der Waals surface area contributed by atoms with Gasteiger partial charge in [0.05, 0.1) is 0 Å². The Hall–Kier alpha value is -1.46. The lowest BCUT2D eigenvalue weighted by molar-refractivity contribution is 0.461. The van der Waals surface area contributed by atoms with E-state index in [1.165, 1.54) is 18.2 Å². The highest BCUT2D eigenvalue weighted by molar-refractivity contribution is 7.09. The van der Waals surface area contributed by atoms with E-state index in [0.717, 1.165) is 5.01 Å². The average Bonchev–Trinajstić information content (AvgIpc) is 2.76. The predicted molar refractivity (Wildman–Crippen MR) is 60.7 cm³/mol. The molecule has 0 amide bonds. The van der Waals surface area contributed by atoms with Gasteiger partial charge in [0.1, 0.15) is 16.6 Å². The van der Waals surface area contributed by atoms with Crippen molar-refractivity contribution >= 4 is 11.3 Å². The lowest BCUT2D eigenvalue weighted by Crippen LogP contribution is -2.12. The Morgan fingerprint density at radius 1 is 1.38 bits per heavy atom. The summed E-state index contributed by atoms with van der Waals surface area (Å²) >= 11 is 1.56. The molecule has 0 radical (unpaired) electrons. The number of rotatable bonds is 4. The zero-order valence-electron chi connectivity index (χ0n) is 8.48. The first-order valence-electron chi connectivity index (χ1n) is 4.82. The van der Waals surface area contributed by atoms with Gasteiger partial charge in [-0.05, 0) is 18.2 Å². The van der Waals surface area contributed by atoms with Crippen molar-refractivity contribution < 1.29 is 9.50 Å². The molecule has 2 N–H and O–H groups in total. The molecule has 1 heterocycles. The fourth-order valence-electron chi connectivity index (χ4n) is 1.34. The summed E-state index contributed by atoms with van der Waals surface area (Å²) in [5.41, 5.74) is 0.552. The van der Waals surface area contributed by atoms with Crippen LogP contribution in [-0.2, 0) is 13.1 Å². The minimum Gasteiger partial charge on any atom is -0.508 e. The molecule has 2 aromatic rings. The number of benzene rings is 1. The quantitative estimate of drug-likeness (QED) is 0.859. The molecule has 5 heteroatoms. The second-order valence-corrected chi connectivity index (χ2v) is 4.28. The SMILES string of the molecule is Oc1ccc(F)cc1CNCc1nccs1. The minimum atomic E-state index is -0.344. The second kappa shape index (κ2) is 5.05. The van der Waals surface area contributed by atoms with Crippen molar-refractivity contribution in [2.24, 2.45) is 0 Å². The van der Waals surface area contributed by atoms with Gasteiger partial charge in [-0.2, -0.15) is 0 Å². The van der Waals surface area contributed by atoms with Crippen LogP contribution >= 0.6 is 11.3 Å². The Morgan fingerprint density at radius 3 is 3.00 bits per heavy atom. The third kappa shape index (κ3) is 2.77. The molecule has 0 aliphatic heterocycles. The number of hydrogen-bond acceptors (Lipinski definition) is 4. The van der Waals surface area contributed by atoms with E-state index in [0.29, 0.717) is 18.7 Å². The van der Waals surface area contributed by atoms with E-state index in [1.54, 1.807) is 17.5 Å². The zero-order chi connectivity index (χ0) is 11.4. The maximum atomic E-state index is 12.9. The molecule has 0 fully saturated rings. The molecular formula is C11H11FN2OS. The van der Waals surface area contributed by atoms with Crippen molar-refractivity contribution in [2.45, 2.75) is 13.1 Å². The minimum absolute atomic E-state index is 0.105. The molecule has 0 unspecified atom stereocenters. The molecule has 0 saturated heterocycles. The van der Waals surface area contributed by atoms with Crippen molar-refractivity contribution in [3.63, 3.8) is 0 Å². The monoisotopic (exact) mass is 238 g/mol. The third-order valence-electron chi connectivity index (χ3n) is 2.12. The Kier molecular flexibility index (Phi) is 3.48. The van der Waals surface area contributed by atoms with Crippen LogP contribution in [0.25, 0.3) is 0 Å². The van der Waals surface area contributed by atoms with Crippen LogP contribution in [0, 0.1) is 5.82 Å². The molecule has 16 heavy (non-hydrogen) atoms. The number of thiazole rings is 1. The summed E-state index contributed by atoms with van der Waals surface area (Å²) in [6, 6.07) is 3.92. The van der Waals surface area contributed by atoms with Crippen LogP contribution < -0.4 is 5.32 Å². The molecule has 0 atom stereocenters. The lowest BCUT2D eigenvalue weighted by Gasteiger charge is -2.05. The third-order valence-corrected chi connectivity index (χ3v) is 2.90. The number of aromatic hydroxyl groups is 1. The van der Waals surface area contributed by atoms with E-state index < -0.39 is 0 Å². The van der Waals surface area contributed by atoms with Crippen molar-refractivity contribution in [3.8, 4) is 5.75 Å². The summed E-state index contributed by atoms with van der Waals surface area (Å²) < 4.78 is 12.9. The number of halogens is 1. The molecule has 0 saturated carbocycles. The first kappa shape index (κ1) is 11.0. The van der Waals surface area contributed by atoms with Gasteiger partial charge in [-0.1, -0.05) is 0 Å². The van der Waals surface area contributed by atoms with Gasteiger partial charge in [0, 0.05) is 30.2 Å². The number of nitrogens with zero attached hydrogens (tertiary/aromatic N) is 1. The molecule has 0 spiro atoms. The van der Waals surface area contributed by atoms with Crippen molar-refractivity contribution in [3.05, 3.63) is 46.2 Å². The highest BCUT2D eigenvalue weighted by Crippen LogP contribution is 2.17. The van der Waals surface area contributed by atoms with E-state index >= 15 is 0 Å². The van der Waals surface area contributed by atoms with E-state index in [4.69, 9.17) is 0 Å². The van der Waals surface area contributed by atoms with E-state index in [-0.39, 0.29) is 11.6 Å². The normalized spacial score (nSPS) is 10.6. The molecule has 1 aromatic heterocycles. The highest BCUT2D eigenvalue weighted by Gasteiger charge is 2.02. The average molecular weight is 238 g/mol. The molecule has 3 nitrogen and oxygen atoms in total. The summed E-state index contributed by atoms with van der Waals surface area (Å²) in [6.07, 6.45) is 1.74. The molecule has 0 aliphatic rings. The van der Waals surface area contributed by atoms with Gasteiger partial charge in [0.2, 0.25) is 0 Å². The number of aromatic nitrogens is 1. The van der Waals surface area contributed by atoms with Gasteiger partial charge in [-0.3, -0.25) is 0 Å². The van der Waals surface area contributed by atoms with Gasteiger partial charge in [0.25, 0.3) is 0 Å². The highest BCUT2D eigenvalue weighted by atomic mass is 32.1. The van der Waals surface area contributed by atoms with Crippen LogP contribution in [-0.4, -0.2) is 10.1 Å². The molecule has 2 rings (SSSR count). The second-order valence-electron chi connectivity index (χ2n) is 3.30. The van der Waals surface area contributed by atoms with Crippen LogP contribution in [0.3, 0.4) is 0 Å². The van der Waals surface area contributed by atoms with Gasteiger partial charge in [0.15, 0.2) is 0 Å². The molecule has 1 aromatic carbocycles. The topological polar surface area (TPSA) is 45.1 Å². The van der Waals surface area contributed by atoms with Crippen LogP contribution in [0.4, 0.5) is 4.39 Å². The van der Waals surface area contributed by atoms with E-state index in [9.17, 15) is 9.50 Å². The fraction of sp³-hybridized carbons (Fsp3) is 0.182. The largest absolute Gasteiger partial charge is 0.508 e. The smallest absolute Gasteiger partial charge is 0.123 e. The first-order chi connectivity index (χ1) is 7.75. The van der Waals surface area contributed by atoms with Crippen molar-refractivity contribution in [1.29, 1.82) is 0 Å². The Morgan fingerprint density at radius 2 is 2.25 bits per heavy atom. The number of hydrogen-bond donors (Lipinski definition) is 2. The Balaban J connectivity index is 1.92. The predicted octanol–water partition coefficient (Wildman–Crippen LogP) is 2.28. The van der Waals surface area contributed by atoms with Crippen LogP contribution in [0.1, 0.15) is 10.6 Å². The number of phenolic OH excluding ortho intramolecular Hbond substituents is 1. The first-order valence-corrected chi connectivity index (χ1v) is 5.70. The standard InChI is InChI=1S/C11H11FN2OS/c12-9-1-2-10(15)8(5-9)6-13-7-11-14-3-4-16-11/h1-5,13,15H,6-7H2. The van der Waals surface area contributed by atoms with Crippen LogP contribution in [0.15, 0.2) is 29.8 Å². The molecular weight excluding hydrogens is 227 g/mol. The van der Waals surface area contributed by atoms with E-state index in [2.05, 4.69) is 10.3 Å². The van der Waals surface area contributed by atoms with Crippen molar-refractivity contribution in [1.82, 2.24) is 10.3 Å². The van der Waals surface area contributed by atoms with Gasteiger partial charge in [-0.25, -0.2) is 9.37 Å². The summed E-state index contributed by atoms with van der Waals surface area (Å²) in [5, 5.41) is 15.4. The van der Waals surface area contributed by atoms with Crippen molar-refractivity contribution in [2.75, 3.05) is 0 Å². The Labute approximate surface area is 96.6 Å². The summed E-state index contributed by atoms with van der Waals surface area (Å²) in [5.74, 6) is -0.239. The zero-order valence-corrected chi connectivity index (χ0v) is 9.30. The molecule has 0 bridgehead atoms. The summed E-state index contributed by atoms with van der Waals surface area (Å²) in [6.45, 7) is 1.04. The molecule has 0 aliphatic carbocycles.